The Kier molecular flexibility index (Phi) is 6.79. The molecule has 2 aromatic carbocycles. The molecule has 1 aromatic heterocycles. The van der Waals surface area contributed by atoms with E-state index in [4.69, 9.17) is 4.74 Å². The molecule has 7 nitrogen and oxygen atoms in total. The Balaban J connectivity index is 1.33. The lowest BCUT2D eigenvalue weighted by atomic mass is 10.1. The van der Waals surface area contributed by atoms with Gasteiger partial charge in [0.15, 0.2) is 0 Å². The van der Waals surface area contributed by atoms with Crippen LogP contribution in [0.15, 0.2) is 60.7 Å². The van der Waals surface area contributed by atoms with Crippen molar-refractivity contribution in [2.24, 2.45) is 0 Å². The summed E-state index contributed by atoms with van der Waals surface area (Å²) in [7, 11) is 1.64. The standard InChI is InChI=1S/C26H30N4O3/c1-19-4-5-20(2)30(19)24-10-6-21(7-11-24)26(32)28(3)18-25(31)27-22-8-12-23(13-9-22)29-14-16-33-17-15-29/h4-13H,14-18H2,1-3H3,(H,27,31). The van der Waals surface area contributed by atoms with Crippen LogP contribution in [0.25, 0.3) is 5.69 Å². The van der Waals surface area contributed by atoms with Gasteiger partial charge in [0.05, 0.1) is 19.8 Å². The number of hydrogen-bond donors (Lipinski definition) is 1. The van der Waals surface area contributed by atoms with Crippen LogP contribution in [0.2, 0.25) is 0 Å². The van der Waals surface area contributed by atoms with Crippen LogP contribution < -0.4 is 10.2 Å². The topological polar surface area (TPSA) is 66.8 Å². The SMILES string of the molecule is Cc1ccc(C)n1-c1ccc(C(=O)N(C)CC(=O)Nc2ccc(N3CCOCC3)cc2)cc1. The van der Waals surface area contributed by atoms with Crippen LogP contribution in [0.5, 0.6) is 0 Å². The minimum absolute atomic E-state index is 0.0262. The second-order valence-electron chi connectivity index (χ2n) is 8.35. The molecule has 2 heterocycles. The van der Waals surface area contributed by atoms with Crippen molar-refractivity contribution in [1.29, 1.82) is 0 Å². The molecule has 1 aliphatic rings. The molecule has 1 aliphatic heterocycles. The molecular formula is C26H30N4O3. The van der Waals surface area contributed by atoms with Gasteiger partial charge in [-0.25, -0.2) is 0 Å². The van der Waals surface area contributed by atoms with Crippen molar-refractivity contribution >= 4 is 23.2 Å². The van der Waals surface area contributed by atoms with E-state index in [0.717, 1.165) is 49.1 Å². The maximum absolute atomic E-state index is 12.8. The van der Waals surface area contributed by atoms with Gasteiger partial charge in [-0.3, -0.25) is 9.59 Å². The highest BCUT2D eigenvalue weighted by Crippen LogP contribution is 2.20. The third-order valence-electron chi connectivity index (χ3n) is 5.90. The summed E-state index contributed by atoms with van der Waals surface area (Å²) in [6.45, 7) is 7.26. The maximum atomic E-state index is 12.8. The molecule has 4 rings (SSSR count). The molecule has 0 radical (unpaired) electrons. The summed E-state index contributed by atoms with van der Waals surface area (Å²) in [5, 5.41) is 2.87. The normalized spacial score (nSPS) is 13.6. The first-order chi connectivity index (χ1) is 15.9. The molecule has 172 valence electrons. The second-order valence-corrected chi connectivity index (χ2v) is 8.35. The number of carbonyl (C=O) groups is 2. The van der Waals surface area contributed by atoms with Gasteiger partial charge in [0.25, 0.3) is 5.91 Å². The third kappa shape index (κ3) is 5.26. The Bertz CT molecular complexity index is 1090. The van der Waals surface area contributed by atoms with E-state index in [1.807, 2.05) is 36.4 Å². The molecular weight excluding hydrogens is 416 g/mol. The van der Waals surface area contributed by atoms with Gasteiger partial charge in [-0.1, -0.05) is 0 Å². The van der Waals surface area contributed by atoms with E-state index in [-0.39, 0.29) is 18.4 Å². The molecule has 0 saturated carbocycles. The Hall–Kier alpha value is -3.58. The monoisotopic (exact) mass is 446 g/mol. The fourth-order valence-electron chi connectivity index (χ4n) is 4.11. The molecule has 0 aliphatic carbocycles. The van der Waals surface area contributed by atoms with E-state index < -0.39 is 0 Å². The van der Waals surface area contributed by atoms with Crippen LogP contribution in [0.3, 0.4) is 0 Å². The van der Waals surface area contributed by atoms with Crippen molar-refractivity contribution in [1.82, 2.24) is 9.47 Å². The predicted molar refractivity (Wildman–Crippen MR) is 130 cm³/mol. The van der Waals surface area contributed by atoms with Crippen LogP contribution >= 0.6 is 0 Å². The largest absolute Gasteiger partial charge is 0.378 e. The molecule has 1 N–H and O–H groups in total. The number of morpholine rings is 1. The fourth-order valence-corrected chi connectivity index (χ4v) is 4.11. The van der Waals surface area contributed by atoms with Crippen molar-refractivity contribution in [3.8, 4) is 5.69 Å². The molecule has 2 amide bonds. The van der Waals surface area contributed by atoms with E-state index in [1.54, 1.807) is 19.2 Å². The van der Waals surface area contributed by atoms with Crippen molar-refractivity contribution in [2.45, 2.75) is 13.8 Å². The Morgan fingerprint density at radius 3 is 2.06 bits per heavy atom. The zero-order chi connectivity index (χ0) is 23.4. The number of rotatable bonds is 6. The lowest BCUT2D eigenvalue weighted by Gasteiger charge is -2.28. The number of anilines is 2. The van der Waals surface area contributed by atoms with Gasteiger partial charge >= 0.3 is 0 Å². The van der Waals surface area contributed by atoms with Gasteiger partial charge in [-0.2, -0.15) is 0 Å². The van der Waals surface area contributed by atoms with Crippen LogP contribution in [0, 0.1) is 13.8 Å². The predicted octanol–water partition coefficient (Wildman–Crippen LogP) is 3.64. The van der Waals surface area contributed by atoms with Gasteiger partial charge in [-0.15, -0.1) is 0 Å². The molecule has 0 bridgehead atoms. The van der Waals surface area contributed by atoms with Gasteiger partial charge in [-0.05, 0) is 74.5 Å². The zero-order valence-electron chi connectivity index (χ0n) is 19.4. The summed E-state index contributed by atoms with van der Waals surface area (Å²) in [6, 6.07) is 19.3. The number of nitrogens with one attached hydrogen (secondary N) is 1. The zero-order valence-corrected chi connectivity index (χ0v) is 19.4. The molecule has 33 heavy (non-hydrogen) atoms. The Morgan fingerprint density at radius 1 is 0.879 bits per heavy atom. The summed E-state index contributed by atoms with van der Waals surface area (Å²) < 4.78 is 7.52. The molecule has 1 saturated heterocycles. The van der Waals surface area contributed by atoms with Crippen LogP contribution in [0.1, 0.15) is 21.7 Å². The first kappa shape index (κ1) is 22.6. The second kappa shape index (κ2) is 9.92. The Morgan fingerprint density at radius 2 is 1.45 bits per heavy atom. The quantitative estimate of drug-likeness (QED) is 0.628. The molecule has 0 spiro atoms. The minimum Gasteiger partial charge on any atom is -0.378 e. The summed E-state index contributed by atoms with van der Waals surface area (Å²) in [4.78, 5) is 29.0. The summed E-state index contributed by atoms with van der Waals surface area (Å²) in [6.07, 6.45) is 0. The number of amides is 2. The number of aromatic nitrogens is 1. The Labute approximate surface area is 194 Å². The molecule has 0 atom stereocenters. The van der Waals surface area contributed by atoms with E-state index >= 15 is 0 Å². The van der Waals surface area contributed by atoms with E-state index in [2.05, 4.69) is 40.8 Å². The maximum Gasteiger partial charge on any atom is 0.254 e. The highest BCUT2D eigenvalue weighted by atomic mass is 16.5. The third-order valence-corrected chi connectivity index (χ3v) is 5.90. The van der Waals surface area contributed by atoms with Crippen molar-refractivity contribution < 1.29 is 14.3 Å². The highest BCUT2D eigenvalue weighted by molar-refractivity contribution is 5.99. The summed E-state index contributed by atoms with van der Waals surface area (Å²) in [5.74, 6) is -0.430. The average molecular weight is 447 g/mol. The van der Waals surface area contributed by atoms with Crippen LogP contribution in [-0.2, 0) is 9.53 Å². The van der Waals surface area contributed by atoms with Gasteiger partial charge in [0, 0.05) is 54.2 Å². The van der Waals surface area contributed by atoms with Crippen molar-refractivity contribution in [3.63, 3.8) is 0 Å². The van der Waals surface area contributed by atoms with Crippen molar-refractivity contribution in [3.05, 3.63) is 77.6 Å². The number of nitrogens with zero attached hydrogens (tertiary/aromatic N) is 3. The van der Waals surface area contributed by atoms with E-state index in [1.165, 1.54) is 4.90 Å². The highest BCUT2D eigenvalue weighted by Gasteiger charge is 2.16. The number of likely N-dealkylation sites (N-methyl/N-ethyl adjacent to an activating group) is 1. The van der Waals surface area contributed by atoms with Gasteiger partial charge < -0.3 is 24.4 Å². The molecule has 1 fully saturated rings. The lowest BCUT2D eigenvalue weighted by Crippen LogP contribution is -2.36. The number of carbonyl (C=O) groups excluding carboxylic acids is 2. The first-order valence-corrected chi connectivity index (χ1v) is 11.2. The van der Waals surface area contributed by atoms with E-state index in [0.29, 0.717) is 11.3 Å². The van der Waals surface area contributed by atoms with Crippen LogP contribution in [-0.4, -0.2) is 61.2 Å². The summed E-state index contributed by atoms with van der Waals surface area (Å²) in [5.41, 5.74) is 5.65. The molecule has 7 heteroatoms. The summed E-state index contributed by atoms with van der Waals surface area (Å²) >= 11 is 0. The molecule has 3 aromatic rings. The number of aryl methyl sites for hydroxylation is 2. The van der Waals surface area contributed by atoms with Crippen molar-refractivity contribution in [2.75, 3.05) is 50.1 Å². The van der Waals surface area contributed by atoms with Gasteiger partial charge in [0.1, 0.15) is 0 Å². The number of benzene rings is 2. The smallest absolute Gasteiger partial charge is 0.254 e. The lowest BCUT2D eigenvalue weighted by molar-refractivity contribution is -0.116. The number of ether oxygens (including phenoxy) is 1. The minimum atomic E-state index is -0.236. The fraction of sp³-hybridized carbons (Fsp3) is 0.308. The average Bonchev–Trinajstić information content (AvgIpc) is 3.17. The number of hydrogen-bond acceptors (Lipinski definition) is 4. The first-order valence-electron chi connectivity index (χ1n) is 11.2. The van der Waals surface area contributed by atoms with Gasteiger partial charge in [0.2, 0.25) is 5.91 Å². The molecule has 0 unspecified atom stereocenters. The van der Waals surface area contributed by atoms with Crippen LogP contribution in [0.4, 0.5) is 11.4 Å². The van der Waals surface area contributed by atoms with E-state index in [9.17, 15) is 9.59 Å².